The molecule has 2 aromatic carbocycles. The molecule has 21 heavy (non-hydrogen) atoms. The Morgan fingerprint density at radius 3 is 1.86 bits per heavy atom. The first-order valence-corrected chi connectivity index (χ1v) is 6.65. The number of esters is 2. The summed E-state index contributed by atoms with van der Waals surface area (Å²) in [5, 5.41) is 0. The number of hydrogen-bond donors (Lipinski definition) is 0. The molecule has 0 heterocycles. The van der Waals surface area contributed by atoms with E-state index in [-0.39, 0.29) is 11.9 Å². The molecule has 0 N–H and O–H groups in total. The average Bonchev–Trinajstić information content (AvgIpc) is 2.50. The van der Waals surface area contributed by atoms with E-state index in [9.17, 15) is 9.59 Å². The van der Waals surface area contributed by atoms with Gasteiger partial charge < -0.3 is 9.47 Å². The third-order valence-electron chi connectivity index (χ3n) is 2.73. The summed E-state index contributed by atoms with van der Waals surface area (Å²) in [6.45, 7) is 3.52. The summed E-state index contributed by atoms with van der Waals surface area (Å²) < 4.78 is 10.4. The van der Waals surface area contributed by atoms with E-state index in [1.165, 1.54) is 0 Å². The van der Waals surface area contributed by atoms with Crippen molar-refractivity contribution in [3.8, 4) is 11.5 Å². The fourth-order valence-corrected chi connectivity index (χ4v) is 1.55. The van der Waals surface area contributed by atoms with Gasteiger partial charge in [0.2, 0.25) is 0 Å². The maximum Gasteiger partial charge on any atom is 0.343 e. The summed E-state index contributed by atoms with van der Waals surface area (Å²) in [6, 6.07) is 15.1. The largest absolute Gasteiger partial charge is 0.426 e. The molecule has 2 rings (SSSR count). The minimum absolute atomic E-state index is 0.194. The molecule has 0 aromatic heterocycles. The number of rotatable bonds is 4. The Balaban J connectivity index is 2.00. The van der Waals surface area contributed by atoms with Crippen molar-refractivity contribution in [3.05, 3.63) is 60.2 Å². The molecule has 0 radical (unpaired) electrons. The van der Waals surface area contributed by atoms with Crippen LogP contribution in [0.15, 0.2) is 54.6 Å². The van der Waals surface area contributed by atoms with Crippen molar-refractivity contribution in [1.82, 2.24) is 0 Å². The normalized spacial score (nSPS) is 10.2. The van der Waals surface area contributed by atoms with E-state index in [2.05, 4.69) is 0 Å². The maximum absolute atomic E-state index is 11.9. The van der Waals surface area contributed by atoms with Crippen LogP contribution in [-0.2, 0) is 4.79 Å². The van der Waals surface area contributed by atoms with Crippen LogP contribution in [0.25, 0.3) is 0 Å². The summed E-state index contributed by atoms with van der Waals surface area (Å²) in [6.07, 6.45) is 0. The lowest BCUT2D eigenvalue weighted by molar-refractivity contribution is -0.137. The molecule has 0 unspecified atom stereocenters. The smallest absolute Gasteiger partial charge is 0.343 e. The van der Waals surface area contributed by atoms with E-state index in [4.69, 9.17) is 9.47 Å². The SMILES string of the molecule is CC(C)C(=O)Oc1ccc(OC(=O)c2ccccc2)cc1. The van der Waals surface area contributed by atoms with Gasteiger partial charge in [0, 0.05) is 0 Å². The monoisotopic (exact) mass is 284 g/mol. The fraction of sp³-hybridized carbons (Fsp3) is 0.176. The third kappa shape index (κ3) is 4.18. The Morgan fingerprint density at radius 1 is 0.810 bits per heavy atom. The molecule has 0 aliphatic heterocycles. The molecule has 4 nitrogen and oxygen atoms in total. The van der Waals surface area contributed by atoms with Gasteiger partial charge in [0.05, 0.1) is 11.5 Å². The quantitative estimate of drug-likeness (QED) is 0.637. The summed E-state index contributed by atoms with van der Waals surface area (Å²) in [5.41, 5.74) is 0.479. The van der Waals surface area contributed by atoms with Crippen molar-refractivity contribution in [1.29, 1.82) is 0 Å². The maximum atomic E-state index is 11.9. The van der Waals surface area contributed by atoms with E-state index in [0.717, 1.165) is 0 Å². The van der Waals surface area contributed by atoms with Gasteiger partial charge in [0.25, 0.3) is 0 Å². The first-order chi connectivity index (χ1) is 10.1. The molecule has 0 bridgehead atoms. The fourth-order valence-electron chi connectivity index (χ4n) is 1.55. The second-order valence-corrected chi connectivity index (χ2v) is 4.80. The lowest BCUT2D eigenvalue weighted by Gasteiger charge is -2.08. The Labute approximate surface area is 123 Å². The van der Waals surface area contributed by atoms with Crippen LogP contribution in [0.1, 0.15) is 24.2 Å². The van der Waals surface area contributed by atoms with Crippen LogP contribution in [0, 0.1) is 5.92 Å². The number of carbonyl (C=O) groups excluding carboxylic acids is 2. The minimum Gasteiger partial charge on any atom is -0.426 e. The van der Waals surface area contributed by atoms with E-state index >= 15 is 0 Å². The predicted molar refractivity (Wildman–Crippen MR) is 78.3 cm³/mol. The topological polar surface area (TPSA) is 52.6 Å². The molecule has 0 amide bonds. The summed E-state index contributed by atoms with van der Waals surface area (Å²) in [5.74, 6) is -0.103. The molecular formula is C17H16O4. The van der Waals surface area contributed by atoms with Gasteiger partial charge in [-0.05, 0) is 36.4 Å². The van der Waals surface area contributed by atoms with Gasteiger partial charge >= 0.3 is 11.9 Å². The highest BCUT2D eigenvalue weighted by Crippen LogP contribution is 2.19. The van der Waals surface area contributed by atoms with Crippen molar-refractivity contribution in [2.24, 2.45) is 5.92 Å². The number of ether oxygens (including phenoxy) is 2. The van der Waals surface area contributed by atoms with Crippen molar-refractivity contribution in [2.45, 2.75) is 13.8 Å². The van der Waals surface area contributed by atoms with Crippen LogP contribution < -0.4 is 9.47 Å². The molecule has 0 fully saturated rings. The van der Waals surface area contributed by atoms with Crippen LogP contribution in [0.4, 0.5) is 0 Å². The Morgan fingerprint density at radius 2 is 1.33 bits per heavy atom. The zero-order chi connectivity index (χ0) is 15.2. The highest BCUT2D eigenvalue weighted by Gasteiger charge is 2.11. The Kier molecular flexibility index (Phi) is 4.72. The number of carbonyl (C=O) groups is 2. The standard InChI is InChI=1S/C17H16O4/c1-12(2)16(18)20-14-8-10-15(11-9-14)21-17(19)13-6-4-3-5-7-13/h3-12H,1-2H3. The second-order valence-electron chi connectivity index (χ2n) is 4.80. The second kappa shape index (κ2) is 6.70. The van der Waals surface area contributed by atoms with Crippen LogP contribution in [0.5, 0.6) is 11.5 Å². The van der Waals surface area contributed by atoms with Crippen molar-refractivity contribution in [2.75, 3.05) is 0 Å². The van der Waals surface area contributed by atoms with Gasteiger partial charge in [-0.2, -0.15) is 0 Å². The van der Waals surface area contributed by atoms with Gasteiger partial charge in [0.1, 0.15) is 11.5 Å². The van der Waals surface area contributed by atoms with E-state index in [1.807, 2.05) is 6.07 Å². The Bertz CT molecular complexity index is 615. The summed E-state index contributed by atoms with van der Waals surface area (Å²) in [4.78, 5) is 23.3. The summed E-state index contributed by atoms with van der Waals surface area (Å²) in [7, 11) is 0. The number of benzene rings is 2. The van der Waals surface area contributed by atoms with Crippen LogP contribution in [0.3, 0.4) is 0 Å². The molecule has 4 heteroatoms. The van der Waals surface area contributed by atoms with E-state index < -0.39 is 5.97 Å². The van der Waals surface area contributed by atoms with Crippen molar-refractivity contribution < 1.29 is 19.1 Å². The molecule has 0 aliphatic carbocycles. The molecule has 108 valence electrons. The molecule has 0 aliphatic rings. The lowest BCUT2D eigenvalue weighted by Crippen LogP contribution is -2.14. The predicted octanol–water partition coefficient (Wildman–Crippen LogP) is 3.47. The van der Waals surface area contributed by atoms with Gasteiger partial charge in [-0.25, -0.2) is 4.79 Å². The molecule has 0 atom stereocenters. The van der Waals surface area contributed by atoms with Crippen LogP contribution in [-0.4, -0.2) is 11.9 Å². The molecule has 0 spiro atoms. The zero-order valence-electron chi connectivity index (χ0n) is 11.9. The van der Waals surface area contributed by atoms with Crippen molar-refractivity contribution >= 4 is 11.9 Å². The third-order valence-corrected chi connectivity index (χ3v) is 2.73. The highest BCUT2D eigenvalue weighted by atomic mass is 16.5. The van der Waals surface area contributed by atoms with Gasteiger partial charge in [-0.1, -0.05) is 32.0 Å². The van der Waals surface area contributed by atoms with E-state index in [0.29, 0.717) is 17.1 Å². The average molecular weight is 284 g/mol. The zero-order valence-corrected chi connectivity index (χ0v) is 11.9. The number of hydrogen-bond acceptors (Lipinski definition) is 4. The molecule has 0 saturated carbocycles. The van der Waals surface area contributed by atoms with Crippen LogP contribution >= 0.6 is 0 Å². The molecular weight excluding hydrogens is 268 g/mol. The molecule has 0 saturated heterocycles. The lowest BCUT2D eigenvalue weighted by atomic mass is 10.2. The first kappa shape index (κ1) is 14.8. The highest BCUT2D eigenvalue weighted by molar-refractivity contribution is 5.90. The van der Waals surface area contributed by atoms with Crippen molar-refractivity contribution in [3.63, 3.8) is 0 Å². The minimum atomic E-state index is -0.428. The van der Waals surface area contributed by atoms with Gasteiger partial charge in [-0.3, -0.25) is 4.79 Å². The van der Waals surface area contributed by atoms with Crippen LogP contribution in [0.2, 0.25) is 0 Å². The van der Waals surface area contributed by atoms with E-state index in [1.54, 1.807) is 62.4 Å². The van der Waals surface area contributed by atoms with Gasteiger partial charge in [0.15, 0.2) is 0 Å². The first-order valence-electron chi connectivity index (χ1n) is 6.65. The van der Waals surface area contributed by atoms with Gasteiger partial charge in [-0.15, -0.1) is 0 Å². The molecule has 2 aromatic rings. The Hall–Kier alpha value is -2.62. The summed E-state index contributed by atoms with van der Waals surface area (Å²) >= 11 is 0.